The van der Waals surface area contributed by atoms with Crippen LogP contribution >= 0.6 is 0 Å². The Labute approximate surface area is 82.4 Å². The predicted octanol–water partition coefficient (Wildman–Crippen LogP) is 0.533. The molecular formula is C8H16N2O4. The topological polar surface area (TPSA) is 82.0 Å². The first-order valence-electron chi connectivity index (χ1n) is 4.64. The lowest BCUT2D eigenvalue weighted by Crippen LogP contribution is -2.27. The van der Waals surface area contributed by atoms with Gasteiger partial charge in [-0.25, -0.2) is 4.79 Å². The lowest BCUT2D eigenvalue weighted by Gasteiger charge is -2.17. The van der Waals surface area contributed by atoms with E-state index in [2.05, 4.69) is 0 Å². The van der Waals surface area contributed by atoms with Crippen molar-refractivity contribution in [2.75, 3.05) is 19.7 Å². The highest BCUT2D eigenvalue weighted by molar-refractivity contribution is 5.62. The molecule has 0 aliphatic carbocycles. The largest absolute Gasteiger partial charge is 0.464 e. The SMILES string of the molecule is CC(CONC(=O)O)C1CCN(O)C1. The molecule has 1 rings (SSSR count). The van der Waals surface area contributed by atoms with Crippen molar-refractivity contribution >= 4 is 6.09 Å². The molecule has 1 amide bonds. The molecule has 0 bridgehead atoms. The number of nitrogens with one attached hydrogen (secondary N) is 1. The highest BCUT2D eigenvalue weighted by Gasteiger charge is 2.26. The van der Waals surface area contributed by atoms with Crippen LogP contribution in [-0.2, 0) is 4.84 Å². The molecule has 6 nitrogen and oxygen atoms in total. The average Bonchev–Trinajstić information content (AvgIpc) is 2.51. The van der Waals surface area contributed by atoms with Gasteiger partial charge in [0.1, 0.15) is 0 Å². The minimum Gasteiger partial charge on any atom is -0.464 e. The fourth-order valence-corrected chi connectivity index (χ4v) is 1.60. The maximum atomic E-state index is 10.1. The van der Waals surface area contributed by atoms with Crippen molar-refractivity contribution < 1.29 is 19.9 Å². The molecule has 1 aliphatic rings. The van der Waals surface area contributed by atoms with Gasteiger partial charge in [-0.05, 0) is 18.3 Å². The summed E-state index contributed by atoms with van der Waals surface area (Å²) in [7, 11) is 0. The molecule has 0 spiro atoms. The molecule has 1 fully saturated rings. The maximum absolute atomic E-state index is 10.1. The van der Waals surface area contributed by atoms with Gasteiger partial charge in [-0.3, -0.25) is 4.84 Å². The number of hydrogen-bond donors (Lipinski definition) is 3. The third-order valence-electron chi connectivity index (χ3n) is 2.51. The Morgan fingerprint density at radius 1 is 1.79 bits per heavy atom. The molecule has 2 unspecified atom stereocenters. The van der Waals surface area contributed by atoms with Gasteiger partial charge in [0.15, 0.2) is 0 Å². The van der Waals surface area contributed by atoms with Gasteiger partial charge in [-0.15, -0.1) is 0 Å². The number of amides is 1. The number of hydroxylamine groups is 3. The molecule has 0 aromatic carbocycles. The van der Waals surface area contributed by atoms with Gasteiger partial charge in [0.2, 0.25) is 0 Å². The van der Waals surface area contributed by atoms with Gasteiger partial charge in [-0.1, -0.05) is 6.92 Å². The number of hydrogen-bond acceptors (Lipinski definition) is 4. The van der Waals surface area contributed by atoms with Crippen molar-refractivity contribution in [3.63, 3.8) is 0 Å². The number of carbonyl (C=O) groups is 1. The first kappa shape index (κ1) is 11.2. The quantitative estimate of drug-likeness (QED) is 0.582. The second-order valence-electron chi connectivity index (χ2n) is 3.66. The van der Waals surface area contributed by atoms with E-state index in [1.165, 1.54) is 5.06 Å². The molecule has 6 heteroatoms. The van der Waals surface area contributed by atoms with Crippen LogP contribution in [0.5, 0.6) is 0 Å². The predicted molar refractivity (Wildman–Crippen MR) is 47.7 cm³/mol. The van der Waals surface area contributed by atoms with E-state index in [0.717, 1.165) is 6.42 Å². The van der Waals surface area contributed by atoms with Crippen LogP contribution in [0.25, 0.3) is 0 Å². The smallest absolute Gasteiger partial charge is 0.428 e. The second-order valence-corrected chi connectivity index (χ2v) is 3.66. The molecule has 1 saturated heterocycles. The Balaban J connectivity index is 2.15. The highest BCUT2D eigenvalue weighted by Crippen LogP contribution is 2.22. The van der Waals surface area contributed by atoms with Gasteiger partial charge in [-0.2, -0.15) is 10.5 Å². The average molecular weight is 204 g/mol. The summed E-state index contributed by atoms with van der Waals surface area (Å²) in [6.45, 7) is 3.64. The van der Waals surface area contributed by atoms with Gasteiger partial charge in [0.25, 0.3) is 0 Å². The molecule has 1 heterocycles. The summed E-state index contributed by atoms with van der Waals surface area (Å²) in [5.41, 5.74) is 1.85. The van der Waals surface area contributed by atoms with E-state index in [1.54, 1.807) is 0 Å². The third-order valence-corrected chi connectivity index (χ3v) is 2.51. The van der Waals surface area contributed by atoms with Crippen LogP contribution in [0.2, 0.25) is 0 Å². The normalized spacial score (nSPS) is 24.9. The molecule has 3 N–H and O–H groups in total. The number of rotatable bonds is 4. The van der Waals surface area contributed by atoms with Crippen LogP contribution in [0.4, 0.5) is 4.79 Å². The van der Waals surface area contributed by atoms with Crippen LogP contribution in [0.15, 0.2) is 0 Å². The van der Waals surface area contributed by atoms with Crippen molar-refractivity contribution in [1.82, 2.24) is 10.5 Å². The van der Waals surface area contributed by atoms with E-state index in [1.807, 2.05) is 12.4 Å². The van der Waals surface area contributed by atoms with E-state index < -0.39 is 6.09 Å². The molecule has 0 saturated carbocycles. The van der Waals surface area contributed by atoms with Crippen molar-refractivity contribution in [2.24, 2.45) is 11.8 Å². The van der Waals surface area contributed by atoms with Crippen LogP contribution in [0, 0.1) is 11.8 Å². The molecule has 0 radical (unpaired) electrons. The Bertz CT molecular complexity index is 200. The van der Waals surface area contributed by atoms with Crippen molar-refractivity contribution in [2.45, 2.75) is 13.3 Å². The lowest BCUT2D eigenvalue weighted by molar-refractivity contribution is -0.0750. The van der Waals surface area contributed by atoms with Gasteiger partial charge in [0, 0.05) is 13.1 Å². The fourth-order valence-electron chi connectivity index (χ4n) is 1.60. The van der Waals surface area contributed by atoms with E-state index in [-0.39, 0.29) is 5.92 Å². The summed E-state index contributed by atoms with van der Waals surface area (Å²) in [5, 5.41) is 18.7. The van der Waals surface area contributed by atoms with Crippen molar-refractivity contribution in [3.05, 3.63) is 0 Å². The molecule has 0 aromatic rings. The first-order chi connectivity index (χ1) is 6.59. The van der Waals surface area contributed by atoms with Crippen LogP contribution < -0.4 is 5.48 Å². The summed E-state index contributed by atoms with van der Waals surface area (Å²) in [5.74, 6) is 0.606. The number of carboxylic acid groups (broad SMARTS) is 1. The standard InChI is InChI=1S/C8H16N2O4/c1-6(5-14-9-8(11)12)7-2-3-10(13)4-7/h6-7,9,13H,2-5H2,1H3,(H,11,12). The molecule has 14 heavy (non-hydrogen) atoms. The zero-order chi connectivity index (χ0) is 10.6. The molecular weight excluding hydrogens is 188 g/mol. The lowest BCUT2D eigenvalue weighted by atomic mass is 9.94. The summed E-state index contributed by atoms with van der Waals surface area (Å²) < 4.78 is 0. The van der Waals surface area contributed by atoms with Gasteiger partial charge >= 0.3 is 6.09 Å². The van der Waals surface area contributed by atoms with E-state index in [4.69, 9.17) is 15.2 Å². The monoisotopic (exact) mass is 204 g/mol. The molecule has 1 aliphatic heterocycles. The summed E-state index contributed by atoms with van der Waals surface area (Å²) in [6.07, 6.45) is -0.263. The third kappa shape index (κ3) is 3.49. The van der Waals surface area contributed by atoms with Crippen LogP contribution in [0.3, 0.4) is 0 Å². The van der Waals surface area contributed by atoms with E-state index >= 15 is 0 Å². The minimum atomic E-state index is -1.19. The Morgan fingerprint density at radius 2 is 2.50 bits per heavy atom. The molecule has 0 aromatic heterocycles. The van der Waals surface area contributed by atoms with Gasteiger partial charge < -0.3 is 10.3 Å². The van der Waals surface area contributed by atoms with E-state index in [9.17, 15) is 4.79 Å². The Hall–Kier alpha value is -0.850. The maximum Gasteiger partial charge on any atom is 0.428 e. The second kappa shape index (κ2) is 5.14. The summed E-state index contributed by atoms with van der Waals surface area (Å²) >= 11 is 0. The Morgan fingerprint density at radius 3 is 3.00 bits per heavy atom. The van der Waals surface area contributed by atoms with Crippen LogP contribution in [0.1, 0.15) is 13.3 Å². The van der Waals surface area contributed by atoms with Crippen LogP contribution in [-0.4, -0.2) is 41.2 Å². The van der Waals surface area contributed by atoms with Gasteiger partial charge in [0.05, 0.1) is 6.61 Å². The molecule has 82 valence electrons. The highest BCUT2D eigenvalue weighted by atomic mass is 16.7. The fraction of sp³-hybridized carbons (Fsp3) is 0.875. The molecule has 2 atom stereocenters. The summed E-state index contributed by atoms with van der Waals surface area (Å²) in [6, 6.07) is 0. The minimum absolute atomic E-state index is 0.235. The number of nitrogens with zero attached hydrogens (tertiary/aromatic N) is 1. The van der Waals surface area contributed by atoms with Crippen molar-refractivity contribution in [1.29, 1.82) is 0 Å². The zero-order valence-electron chi connectivity index (χ0n) is 8.14. The Kier molecular flexibility index (Phi) is 4.12. The zero-order valence-corrected chi connectivity index (χ0v) is 8.14. The first-order valence-corrected chi connectivity index (χ1v) is 4.64. The van der Waals surface area contributed by atoms with E-state index in [0.29, 0.717) is 25.6 Å². The summed E-state index contributed by atoms with van der Waals surface area (Å²) in [4.78, 5) is 14.8. The van der Waals surface area contributed by atoms with Crippen molar-refractivity contribution in [3.8, 4) is 0 Å².